The van der Waals surface area contributed by atoms with Gasteiger partial charge in [-0.05, 0) is 156 Å². The molecule has 0 unspecified atom stereocenters. The van der Waals surface area contributed by atoms with Crippen molar-refractivity contribution in [3.8, 4) is 0 Å². The molecule has 0 spiro atoms. The second-order valence-electron chi connectivity index (χ2n) is 20.3. The second kappa shape index (κ2) is 15.9. The van der Waals surface area contributed by atoms with Gasteiger partial charge in [0.05, 0.1) is 50.2 Å². The fourth-order valence-electron chi connectivity index (χ4n) is 8.40. The zero-order valence-electron chi connectivity index (χ0n) is 39.0. The fourth-order valence-corrected chi connectivity index (χ4v) is 8.94. The molecule has 0 saturated carbocycles. The van der Waals surface area contributed by atoms with Gasteiger partial charge in [0.25, 0.3) is 0 Å². The lowest BCUT2D eigenvalue weighted by molar-refractivity contribution is 0.00578. The largest absolute Gasteiger partial charge is 0.515 e. The summed E-state index contributed by atoms with van der Waals surface area (Å²) in [7, 11) is -1.43. The van der Waals surface area contributed by atoms with Crippen LogP contribution in [0.15, 0.2) is 126 Å². The lowest BCUT2D eigenvalue weighted by Gasteiger charge is -2.32. The molecule has 0 radical (unpaired) electrons. The first-order valence-corrected chi connectivity index (χ1v) is 23.0. The minimum Gasteiger partial charge on any atom is -0.405 e. The Bertz CT molecular complexity index is 3020. The van der Waals surface area contributed by atoms with Crippen molar-refractivity contribution in [2.75, 3.05) is 0 Å². The summed E-state index contributed by atoms with van der Waals surface area (Å²) in [4.78, 5) is 9.69. The SMILES string of the molecule is Brc1nc2cc3ccccc3cc2c2ccccc12.CC1(C)OB(B2OC(C)(C)C(C)(C)O2)OC1(C)C.CC1(C)OB(c2nc3cc4ccccc4cc3c3ccccc23)OC1(C)C. The Labute approximate surface area is 386 Å². The fraction of sp³-hybridized carbons (Fsp3) is 0.346. The Morgan fingerprint density at radius 3 is 1.09 bits per heavy atom. The van der Waals surface area contributed by atoms with Crippen molar-refractivity contribution in [1.29, 1.82) is 0 Å². The van der Waals surface area contributed by atoms with E-state index in [9.17, 15) is 0 Å². The summed E-state index contributed by atoms with van der Waals surface area (Å²) in [5.41, 5.74) is 0.635. The summed E-state index contributed by atoms with van der Waals surface area (Å²) in [5, 5.41) is 11.9. The van der Waals surface area contributed by atoms with Crippen molar-refractivity contribution in [1.82, 2.24) is 9.97 Å². The van der Waals surface area contributed by atoms with Gasteiger partial charge in [0.15, 0.2) is 0 Å². The van der Waals surface area contributed by atoms with Crippen LogP contribution in [0.5, 0.6) is 0 Å². The number of aromatic nitrogens is 2. The van der Waals surface area contributed by atoms with Gasteiger partial charge in [-0.15, -0.1) is 0 Å². The first-order chi connectivity index (χ1) is 30.1. The summed E-state index contributed by atoms with van der Waals surface area (Å²) < 4.78 is 37.4. The minimum atomic E-state index is -0.476. The number of pyridine rings is 2. The molecule has 3 aliphatic rings. The van der Waals surface area contributed by atoms with Gasteiger partial charge in [-0.1, -0.05) is 97.1 Å². The number of halogens is 1. The molecule has 0 bridgehead atoms. The molecule has 2 aromatic heterocycles. The summed E-state index contributed by atoms with van der Waals surface area (Å²) >= 11 is 3.57. The van der Waals surface area contributed by atoms with E-state index in [2.05, 4.69) is 158 Å². The van der Waals surface area contributed by atoms with Gasteiger partial charge in [-0.25, -0.2) is 4.98 Å². The van der Waals surface area contributed by atoms with Gasteiger partial charge >= 0.3 is 21.1 Å². The van der Waals surface area contributed by atoms with Crippen LogP contribution in [0.4, 0.5) is 0 Å². The molecule has 0 atom stereocenters. The van der Waals surface area contributed by atoms with Crippen LogP contribution in [-0.4, -0.2) is 64.7 Å². The average Bonchev–Trinajstić information content (AvgIpc) is 3.71. The van der Waals surface area contributed by atoms with E-state index >= 15 is 0 Å². The van der Waals surface area contributed by atoms with Crippen molar-refractivity contribution in [3.63, 3.8) is 0 Å². The van der Waals surface area contributed by atoms with E-state index in [0.717, 1.165) is 37.4 Å². The summed E-state index contributed by atoms with van der Waals surface area (Å²) in [5.74, 6) is 0. The molecule has 11 rings (SSSR count). The predicted octanol–water partition coefficient (Wildman–Crippen LogP) is 12.4. The Morgan fingerprint density at radius 2 is 0.672 bits per heavy atom. The average molecular weight is 917 g/mol. The van der Waals surface area contributed by atoms with E-state index < -0.39 is 32.3 Å². The van der Waals surface area contributed by atoms with Gasteiger partial charge in [0.1, 0.15) is 4.60 Å². The smallest absolute Gasteiger partial charge is 0.405 e. The molecule has 6 aromatic carbocycles. The third-order valence-corrected chi connectivity index (χ3v) is 15.0. The minimum absolute atomic E-state index is 0.360. The molecule has 3 saturated heterocycles. The van der Waals surface area contributed by atoms with Crippen LogP contribution in [0.2, 0.25) is 0 Å². The number of hydrogen-bond acceptors (Lipinski definition) is 8. The van der Waals surface area contributed by atoms with Gasteiger partial charge < -0.3 is 27.9 Å². The Hall–Kier alpha value is -4.39. The highest BCUT2D eigenvalue weighted by atomic mass is 79.9. The molecular formula is C52H56B3BrN2O6. The molecular weight excluding hydrogens is 861 g/mol. The van der Waals surface area contributed by atoms with E-state index in [4.69, 9.17) is 32.9 Å². The quantitative estimate of drug-likeness (QED) is 0.0734. The Morgan fingerprint density at radius 1 is 0.359 bits per heavy atom. The van der Waals surface area contributed by atoms with Crippen LogP contribution in [0.1, 0.15) is 83.1 Å². The molecule has 12 heteroatoms. The van der Waals surface area contributed by atoms with Gasteiger partial charge in [0, 0.05) is 21.5 Å². The number of rotatable bonds is 2. The van der Waals surface area contributed by atoms with Gasteiger partial charge in [-0.2, -0.15) is 0 Å². The van der Waals surface area contributed by atoms with E-state index in [0.29, 0.717) is 0 Å². The number of fused-ring (bicyclic) bond motifs is 8. The molecule has 3 aliphatic heterocycles. The standard InChI is InChI=1S/C23H22BNO2.C17H10BrN.C12H24B2O4/c1-22(2)23(3,4)27-24(26-22)21-18-12-8-7-11-17(18)19-13-15-9-5-6-10-16(15)14-20(19)25-21;18-17-14-8-4-3-7-13(14)15-9-11-5-1-2-6-12(11)10-16(15)19-17;1-9(2)10(3,4)16-13(15-9)14-17-11(5,6)12(7,8)18-14/h5-14H,1-4H3;1-10H;1-8H3. The molecule has 326 valence electrons. The third-order valence-electron chi connectivity index (χ3n) is 14.4. The van der Waals surface area contributed by atoms with Crippen LogP contribution >= 0.6 is 15.9 Å². The molecule has 64 heavy (non-hydrogen) atoms. The molecule has 3 fully saturated rings. The summed E-state index contributed by atoms with van der Waals surface area (Å²) in [6.45, 7) is 24.5. The van der Waals surface area contributed by atoms with Crippen LogP contribution < -0.4 is 5.59 Å². The van der Waals surface area contributed by atoms with Crippen molar-refractivity contribution in [2.24, 2.45) is 0 Å². The molecule has 5 heterocycles. The van der Waals surface area contributed by atoms with Gasteiger partial charge in [-0.3, -0.25) is 4.98 Å². The molecule has 0 amide bonds. The lowest BCUT2D eigenvalue weighted by Crippen LogP contribution is -2.41. The normalized spacial score (nSPS) is 20.2. The highest BCUT2D eigenvalue weighted by Crippen LogP contribution is 2.43. The monoisotopic (exact) mass is 916 g/mol. The van der Waals surface area contributed by atoms with Crippen molar-refractivity contribution < 1.29 is 27.9 Å². The highest BCUT2D eigenvalue weighted by Gasteiger charge is 2.63. The Balaban J connectivity index is 0.000000125. The lowest BCUT2D eigenvalue weighted by atomic mass is 9.49. The Kier molecular flexibility index (Phi) is 11.1. The van der Waals surface area contributed by atoms with Crippen molar-refractivity contribution in [2.45, 2.75) is 117 Å². The van der Waals surface area contributed by atoms with Crippen LogP contribution in [0.25, 0.3) is 64.9 Å². The number of nitrogens with zero attached hydrogens (tertiary/aromatic N) is 2. The molecule has 8 aromatic rings. The summed E-state index contributed by atoms with van der Waals surface area (Å²) in [6.07, 6.45) is 0. The molecule has 0 aliphatic carbocycles. The maximum absolute atomic E-state index is 6.31. The molecule has 8 nitrogen and oxygen atoms in total. The van der Waals surface area contributed by atoms with E-state index in [1.165, 1.54) is 37.7 Å². The van der Waals surface area contributed by atoms with E-state index in [-0.39, 0.29) is 22.4 Å². The van der Waals surface area contributed by atoms with E-state index in [1.54, 1.807) is 0 Å². The topological polar surface area (TPSA) is 81.2 Å². The van der Waals surface area contributed by atoms with Crippen molar-refractivity contribution in [3.05, 3.63) is 126 Å². The number of benzene rings is 6. The highest BCUT2D eigenvalue weighted by molar-refractivity contribution is 9.10. The zero-order valence-corrected chi connectivity index (χ0v) is 40.6. The van der Waals surface area contributed by atoms with Gasteiger partial charge in [0.2, 0.25) is 0 Å². The van der Waals surface area contributed by atoms with Crippen LogP contribution in [0, 0.1) is 0 Å². The predicted molar refractivity (Wildman–Crippen MR) is 269 cm³/mol. The maximum Gasteiger partial charge on any atom is 0.515 e. The second-order valence-corrected chi connectivity index (χ2v) is 21.0. The van der Waals surface area contributed by atoms with Crippen LogP contribution in [-0.2, 0) is 27.9 Å². The van der Waals surface area contributed by atoms with E-state index in [1.807, 2.05) is 67.5 Å². The summed E-state index contributed by atoms with van der Waals surface area (Å²) in [6, 6.07) is 42.3. The first-order valence-electron chi connectivity index (χ1n) is 22.2. The third kappa shape index (κ3) is 7.93. The zero-order chi connectivity index (χ0) is 45.6. The number of hydrogen-bond donors (Lipinski definition) is 0. The maximum atomic E-state index is 6.31. The van der Waals surface area contributed by atoms with Crippen molar-refractivity contribution >= 4 is 108 Å². The van der Waals surface area contributed by atoms with Crippen LogP contribution in [0.3, 0.4) is 0 Å². The molecule has 0 N–H and O–H groups in total. The first kappa shape index (κ1) is 44.8.